The number of fused-ring (bicyclic) bond motifs is 1. The summed E-state index contributed by atoms with van der Waals surface area (Å²) in [6.07, 6.45) is 6.31. The van der Waals surface area contributed by atoms with Crippen LogP contribution in [0, 0.1) is 0 Å². The van der Waals surface area contributed by atoms with Gasteiger partial charge < -0.3 is 9.30 Å². The Hall–Kier alpha value is -1.58. The maximum Gasteiger partial charge on any atom is 0.335 e. The molecule has 17 heavy (non-hydrogen) atoms. The van der Waals surface area contributed by atoms with Crippen molar-refractivity contribution in [1.29, 1.82) is 0 Å². The van der Waals surface area contributed by atoms with Crippen LogP contribution in [0.3, 0.4) is 0 Å². The summed E-state index contributed by atoms with van der Waals surface area (Å²) in [7, 11) is 0. The first-order chi connectivity index (χ1) is 8.22. The van der Waals surface area contributed by atoms with Crippen molar-refractivity contribution in [2.24, 2.45) is 0 Å². The summed E-state index contributed by atoms with van der Waals surface area (Å²) in [6.45, 7) is 6.45. The summed E-state index contributed by atoms with van der Waals surface area (Å²) < 4.78 is 6.95. The Morgan fingerprint density at radius 2 is 2.29 bits per heavy atom. The highest BCUT2D eigenvalue weighted by Gasteiger charge is 2.17. The van der Waals surface area contributed by atoms with E-state index in [-0.39, 0.29) is 5.97 Å². The molecule has 0 fully saturated rings. The summed E-state index contributed by atoms with van der Waals surface area (Å²) in [5.74, 6) is -0.314. The second-order valence-corrected chi connectivity index (χ2v) is 4.30. The first kappa shape index (κ1) is 11.9. The number of aryl methyl sites for hydroxylation is 1. The molecule has 0 bridgehead atoms. The molecule has 0 saturated heterocycles. The first-order valence-electron chi connectivity index (χ1n) is 6.10. The maximum atomic E-state index is 11.5. The molecular formula is C13H18N2O2. The molecule has 1 aromatic rings. The van der Waals surface area contributed by atoms with Crippen molar-refractivity contribution in [2.75, 3.05) is 6.61 Å². The van der Waals surface area contributed by atoms with E-state index in [1.807, 2.05) is 4.57 Å². The van der Waals surface area contributed by atoms with Gasteiger partial charge in [0.1, 0.15) is 0 Å². The molecule has 4 nitrogen and oxygen atoms in total. The topological polar surface area (TPSA) is 44.1 Å². The molecule has 4 heteroatoms. The zero-order chi connectivity index (χ0) is 12.3. The van der Waals surface area contributed by atoms with Crippen LogP contribution in [-0.4, -0.2) is 22.1 Å². The molecule has 0 radical (unpaired) electrons. The Bertz CT molecular complexity index is 435. The molecule has 1 aromatic heterocycles. The predicted octanol–water partition coefficient (Wildman–Crippen LogP) is 1.88. The first-order valence-corrected chi connectivity index (χ1v) is 6.10. The maximum absolute atomic E-state index is 11.5. The zero-order valence-corrected chi connectivity index (χ0v) is 10.2. The van der Waals surface area contributed by atoms with Gasteiger partial charge in [-0.1, -0.05) is 6.58 Å². The molecule has 0 atom stereocenters. The SMILES string of the molecule is C=C(Cn1cnc2c1CCCC2)C(=O)OCC. The van der Waals surface area contributed by atoms with Gasteiger partial charge in [-0.2, -0.15) is 0 Å². The van der Waals surface area contributed by atoms with Crippen LogP contribution >= 0.6 is 0 Å². The molecular weight excluding hydrogens is 216 g/mol. The fourth-order valence-corrected chi connectivity index (χ4v) is 2.17. The molecule has 0 unspecified atom stereocenters. The average molecular weight is 234 g/mol. The number of imidazole rings is 1. The van der Waals surface area contributed by atoms with Crippen molar-refractivity contribution in [3.63, 3.8) is 0 Å². The molecule has 1 heterocycles. The Balaban J connectivity index is 2.06. The highest BCUT2D eigenvalue weighted by Crippen LogP contribution is 2.20. The van der Waals surface area contributed by atoms with Crippen molar-refractivity contribution < 1.29 is 9.53 Å². The van der Waals surface area contributed by atoms with Crippen LogP contribution in [0.15, 0.2) is 18.5 Å². The minimum atomic E-state index is -0.314. The van der Waals surface area contributed by atoms with Crippen LogP contribution in [0.4, 0.5) is 0 Å². The third kappa shape index (κ3) is 2.57. The van der Waals surface area contributed by atoms with E-state index >= 15 is 0 Å². The lowest BCUT2D eigenvalue weighted by Crippen LogP contribution is -2.14. The van der Waals surface area contributed by atoms with Crippen LogP contribution in [0.5, 0.6) is 0 Å². The fourth-order valence-electron chi connectivity index (χ4n) is 2.17. The number of hydrogen-bond acceptors (Lipinski definition) is 3. The molecule has 1 aliphatic carbocycles. The van der Waals surface area contributed by atoms with Gasteiger partial charge in [-0.15, -0.1) is 0 Å². The number of rotatable bonds is 4. The van der Waals surface area contributed by atoms with Gasteiger partial charge in [0.05, 0.1) is 25.2 Å². The number of ether oxygens (including phenoxy) is 1. The predicted molar refractivity (Wildman–Crippen MR) is 64.6 cm³/mol. The number of carbonyl (C=O) groups is 1. The van der Waals surface area contributed by atoms with Gasteiger partial charge in [0.2, 0.25) is 0 Å². The number of nitrogens with zero attached hydrogens (tertiary/aromatic N) is 2. The van der Waals surface area contributed by atoms with Gasteiger partial charge in [-0.25, -0.2) is 9.78 Å². The van der Waals surface area contributed by atoms with Gasteiger partial charge in [-0.3, -0.25) is 0 Å². The van der Waals surface area contributed by atoms with Crippen LogP contribution < -0.4 is 0 Å². The molecule has 0 aromatic carbocycles. The molecule has 92 valence electrons. The zero-order valence-electron chi connectivity index (χ0n) is 10.2. The number of carbonyl (C=O) groups excluding carboxylic acids is 1. The molecule has 1 aliphatic rings. The van der Waals surface area contributed by atoms with Crippen LogP contribution in [0.25, 0.3) is 0 Å². The second kappa shape index (κ2) is 5.17. The van der Waals surface area contributed by atoms with Gasteiger partial charge in [0.15, 0.2) is 0 Å². The van der Waals surface area contributed by atoms with Crippen LogP contribution in [0.2, 0.25) is 0 Å². The Morgan fingerprint density at radius 3 is 3.06 bits per heavy atom. The standard InChI is InChI=1S/C13H18N2O2/c1-3-17-13(16)10(2)8-15-9-14-11-6-4-5-7-12(11)15/h9H,2-8H2,1H3. The summed E-state index contributed by atoms with van der Waals surface area (Å²) >= 11 is 0. The quantitative estimate of drug-likeness (QED) is 0.590. The van der Waals surface area contributed by atoms with E-state index in [1.165, 1.54) is 24.2 Å². The normalized spacial score (nSPS) is 14.2. The molecule has 0 N–H and O–H groups in total. The third-order valence-electron chi connectivity index (χ3n) is 3.04. The number of hydrogen-bond donors (Lipinski definition) is 0. The van der Waals surface area contributed by atoms with Crippen molar-refractivity contribution in [3.05, 3.63) is 29.9 Å². The van der Waals surface area contributed by atoms with E-state index in [0.717, 1.165) is 12.8 Å². The smallest absolute Gasteiger partial charge is 0.335 e. The molecule has 2 rings (SSSR count). The molecule has 0 saturated carbocycles. The highest BCUT2D eigenvalue weighted by molar-refractivity contribution is 5.87. The van der Waals surface area contributed by atoms with Crippen molar-refractivity contribution in [2.45, 2.75) is 39.2 Å². The molecule has 0 spiro atoms. The van der Waals surface area contributed by atoms with Gasteiger partial charge in [-0.05, 0) is 32.6 Å². The van der Waals surface area contributed by atoms with Crippen molar-refractivity contribution >= 4 is 5.97 Å². The second-order valence-electron chi connectivity index (χ2n) is 4.30. The van der Waals surface area contributed by atoms with Crippen molar-refractivity contribution in [1.82, 2.24) is 9.55 Å². The Labute approximate surface area is 101 Å². The Morgan fingerprint density at radius 1 is 1.53 bits per heavy atom. The van der Waals surface area contributed by atoms with E-state index in [1.54, 1.807) is 13.3 Å². The minimum absolute atomic E-state index is 0.314. The summed E-state index contributed by atoms with van der Waals surface area (Å²) in [5, 5.41) is 0. The van der Waals surface area contributed by atoms with Gasteiger partial charge in [0, 0.05) is 11.3 Å². The van der Waals surface area contributed by atoms with E-state index in [9.17, 15) is 4.79 Å². The van der Waals surface area contributed by atoms with E-state index in [0.29, 0.717) is 18.7 Å². The number of esters is 1. The van der Waals surface area contributed by atoms with Gasteiger partial charge in [0.25, 0.3) is 0 Å². The fraction of sp³-hybridized carbons (Fsp3) is 0.538. The lowest BCUT2D eigenvalue weighted by molar-refractivity contribution is -0.138. The highest BCUT2D eigenvalue weighted by atomic mass is 16.5. The summed E-state index contributed by atoms with van der Waals surface area (Å²) in [6, 6.07) is 0. The van der Waals surface area contributed by atoms with E-state index < -0.39 is 0 Å². The van der Waals surface area contributed by atoms with Crippen LogP contribution in [-0.2, 0) is 28.9 Å². The monoisotopic (exact) mass is 234 g/mol. The van der Waals surface area contributed by atoms with Crippen LogP contribution in [0.1, 0.15) is 31.2 Å². The Kier molecular flexibility index (Phi) is 3.61. The average Bonchev–Trinajstić information content (AvgIpc) is 2.73. The third-order valence-corrected chi connectivity index (χ3v) is 3.04. The minimum Gasteiger partial charge on any atom is -0.463 e. The lowest BCUT2D eigenvalue weighted by atomic mass is 10.0. The van der Waals surface area contributed by atoms with Crippen molar-refractivity contribution in [3.8, 4) is 0 Å². The summed E-state index contributed by atoms with van der Waals surface area (Å²) in [4.78, 5) is 15.9. The molecule has 0 amide bonds. The van der Waals surface area contributed by atoms with E-state index in [4.69, 9.17) is 4.74 Å². The molecule has 0 aliphatic heterocycles. The van der Waals surface area contributed by atoms with E-state index in [2.05, 4.69) is 11.6 Å². The largest absolute Gasteiger partial charge is 0.463 e. The number of aromatic nitrogens is 2. The van der Waals surface area contributed by atoms with Gasteiger partial charge >= 0.3 is 5.97 Å². The summed E-state index contributed by atoms with van der Waals surface area (Å²) in [5.41, 5.74) is 2.91. The lowest BCUT2D eigenvalue weighted by Gasteiger charge is -2.14.